The van der Waals surface area contributed by atoms with Crippen molar-refractivity contribution in [2.24, 2.45) is 5.41 Å². The maximum Gasteiger partial charge on any atom is 0.251 e. The molecule has 0 spiro atoms. The van der Waals surface area contributed by atoms with Crippen LogP contribution in [-0.4, -0.2) is 24.2 Å². The number of carbonyl (C=O) groups is 1. The lowest BCUT2D eigenvalue weighted by Crippen LogP contribution is -2.38. The number of carbonyl (C=O) groups excluding carboxylic acids is 1. The van der Waals surface area contributed by atoms with Crippen molar-refractivity contribution < 1.29 is 9.90 Å². The van der Waals surface area contributed by atoms with Crippen LogP contribution in [0, 0.1) is 12.3 Å². The summed E-state index contributed by atoms with van der Waals surface area (Å²) < 4.78 is 0. The molecule has 0 aromatic heterocycles. The average molecular weight is 282 g/mol. The average Bonchev–Trinajstić information content (AvgIpc) is 2.89. The first-order valence-electron chi connectivity index (χ1n) is 6.72. The van der Waals surface area contributed by atoms with Gasteiger partial charge in [-0.25, -0.2) is 0 Å². The van der Waals surface area contributed by atoms with E-state index in [1.165, 1.54) is 0 Å². The number of rotatable bonds is 4. The van der Waals surface area contributed by atoms with E-state index in [0.29, 0.717) is 17.1 Å². The number of aliphatic hydroxyl groups excluding tert-OH is 1. The molecule has 1 aromatic rings. The molecule has 104 valence electrons. The second kappa shape index (κ2) is 5.93. The first-order chi connectivity index (χ1) is 9.08. The molecule has 0 radical (unpaired) electrons. The minimum Gasteiger partial charge on any atom is -0.396 e. The Hall–Kier alpha value is -1.06. The highest BCUT2D eigenvalue weighted by molar-refractivity contribution is 6.31. The summed E-state index contributed by atoms with van der Waals surface area (Å²) >= 11 is 6.02. The summed E-state index contributed by atoms with van der Waals surface area (Å²) in [6.45, 7) is 2.52. The molecule has 2 rings (SSSR count). The van der Waals surface area contributed by atoms with Crippen molar-refractivity contribution >= 4 is 17.5 Å². The lowest BCUT2D eigenvalue weighted by atomic mass is 9.87. The molecular formula is C15H20ClNO2. The maximum atomic E-state index is 12.2. The summed E-state index contributed by atoms with van der Waals surface area (Å²) in [5.41, 5.74) is 1.28. The molecule has 0 aliphatic heterocycles. The summed E-state index contributed by atoms with van der Waals surface area (Å²) in [5, 5.41) is 13.1. The Morgan fingerprint density at radius 1 is 1.42 bits per heavy atom. The van der Waals surface area contributed by atoms with E-state index in [9.17, 15) is 9.90 Å². The Labute approximate surface area is 119 Å². The third-order valence-corrected chi connectivity index (χ3v) is 4.55. The molecule has 0 bridgehead atoms. The number of benzene rings is 1. The normalized spacial score (nSPS) is 17.4. The molecule has 4 heteroatoms. The van der Waals surface area contributed by atoms with E-state index in [2.05, 4.69) is 5.32 Å². The SMILES string of the molecule is Cc1c(Cl)cccc1C(=O)NCC1(CO)CCCC1. The quantitative estimate of drug-likeness (QED) is 0.891. The first kappa shape index (κ1) is 14.4. The van der Waals surface area contributed by atoms with E-state index < -0.39 is 0 Å². The highest BCUT2D eigenvalue weighted by atomic mass is 35.5. The van der Waals surface area contributed by atoms with Crippen LogP contribution in [0.3, 0.4) is 0 Å². The highest BCUT2D eigenvalue weighted by Gasteiger charge is 2.33. The van der Waals surface area contributed by atoms with Gasteiger partial charge in [0.2, 0.25) is 0 Å². The number of aliphatic hydroxyl groups is 1. The van der Waals surface area contributed by atoms with Crippen LogP contribution in [0.25, 0.3) is 0 Å². The smallest absolute Gasteiger partial charge is 0.251 e. The second-order valence-corrected chi connectivity index (χ2v) is 5.87. The Bertz CT molecular complexity index is 467. The maximum absolute atomic E-state index is 12.2. The molecule has 2 N–H and O–H groups in total. The fourth-order valence-electron chi connectivity index (χ4n) is 2.73. The van der Waals surface area contributed by atoms with Crippen LogP contribution in [0.5, 0.6) is 0 Å². The molecule has 1 amide bonds. The minimum absolute atomic E-state index is 0.111. The van der Waals surface area contributed by atoms with Crippen molar-refractivity contribution in [3.8, 4) is 0 Å². The Balaban J connectivity index is 2.03. The molecular weight excluding hydrogens is 262 g/mol. The van der Waals surface area contributed by atoms with Gasteiger partial charge < -0.3 is 10.4 Å². The first-order valence-corrected chi connectivity index (χ1v) is 7.10. The van der Waals surface area contributed by atoms with Crippen molar-refractivity contribution in [3.05, 3.63) is 34.3 Å². The predicted octanol–water partition coefficient (Wildman–Crippen LogP) is 2.93. The van der Waals surface area contributed by atoms with E-state index in [4.69, 9.17) is 11.6 Å². The number of halogens is 1. The summed E-state index contributed by atoms with van der Waals surface area (Å²) in [7, 11) is 0. The molecule has 1 aromatic carbocycles. The molecule has 0 saturated heterocycles. The van der Waals surface area contributed by atoms with Gasteiger partial charge in [-0.2, -0.15) is 0 Å². The molecule has 0 atom stereocenters. The van der Waals surface area contributed by atoms with Gasteiger partial charge in [0, 0.05) is 22.5 Å². The van der Waals surface area contributed by atoms with Crippen molar-refractivity contribution in [1.29, 1.82) is 0 Å². The van der Waals surface area contributed by atoms with E-state index in [-0.39, 0.29) is 17.9 Å². The topological polar surface area (TPSA) is 49.3 Å². The van der Waals surface area contributed by atoms with Crippen LogP contribution in [0.1, 0.15) is 41.6 Å². The Morgan fingerprint density at radius 3 is 2.74 bits per heavy atom. The third kappa shape index (κ3) is 3.10. The van der Waals surface area contributed by atoms with Crippen LogP contribution in [0.15, 0.2) is 18.2 Å². The van der Waals surface area contributed by atoms with Crippen LogP contribution in [-0.2, 0) is 0 Å². The number of amides is 1. The number of hydrogen-bond donors (Lipinski definition) is 2. The molecule has 1 aliphatic rings. The van der Waals surface area contributed by atoms with Gasteiger partial charge in [0.1, 0.15) is 0 Å². The van der Waals surface area contributed by atoms with Crippen LogP contribution < -0.4 is 5.32 Å². The fraction of sp³-hybridized carbons (Fsp3) is 0.533. The second-order valence-electron chi connectivity index (χ2n) is 5.46. The van der Waals surface area contributed by atoms with Gasteiger partial charge >= 0.3 is 0 Å². The molecule has 0 heterocycles. The van der Waals surface area contributed by atoms with E-state index in [1.54, 1.807) is 18.2 Å². The number of nitrogens with one attached hydrogen (secondary N) is 1. The van der Waals surface area contributed by atoms with E-state index in [0.717, 1.165) is 31.2 Å². The van der Waals surface area contributed by atoms with Gasteiger partial charge in [-0.3, -0.25) is 4.79 Å². The lowest BCUT2D eigenvalue weighted by molar-refractivity contribution is 0.0880. The predicted molar refractivity (Wildman–Crippen MR) is 76.5 cm³/mol. The summed E-state index contributed by atoms with van der Waals surface area (Å²) in [6, 6.07) is 5.33. The fourth-order valence-corrected chi connectivity index (χ4v) is 2.91. The van der Waals surface area contributed by atoms with Gasteiger partial charge in [0.15, 0.2) is 0 Å². The molecule has 1 fully saturated rings. The molecule has 0 unspecified atom stereocenters. The molecule has 1 aliphatic carbocycles. The molecule has 19 heavy (non-hydrogen) atoms. The van der Waals surface area contributed by atoms with Gasteiger partial charge in [0.25, 0.3) is 5.91 Å². The van der Waals surface area contributed by atoms with E-state index >= 15 is 0 Å². The van der Waals surface area contributed by atoms with Gasteiger partial charge in [-0.1, -0.05) is 30.5 Å². The van der Waals surface area contributed by atoms with Crippen molar-refractivity contribution in [3.63, 3.8) is 0 Å². The van der Waals surface area contributed by atoms with Crippen molar-refractivity contribution in [2.45, 2.75) is 32.6 Å². The Morgan fingerprint density at radius 2 is 2.11 bits per heavy atom. The van der Waals surface area contributed by atoms with Crippen LogP contribution in [0.2, 0.25) is 5.02 Å². The van der Waals surface area contributed by atoms with Gasteiger partial charge in [-0.15, -0.1) is 0 Å². The van der Waals surface area contributed by atoms with Crippen LogP contribution >= 0.6 is 11.6 Å². The van der Waals surface area contributed by atoms with Crippen LogP contribution in [0.4, 0.5) is 0 Å². The molecule has 1 saturated carbocycles. The largest absolute Gasteiger partial charge is 0.396 e. The van der Waals surface area contributed by atoms with E-state index in [1.807, 2.05) is 6.92 Å². The van der Waals surface area contributed by atoms with Gasteiger partial charge in [0.05, 0.1) is 6.61 Å². The summed E-state index contributed by atoms with van der Waals surface area (Å²) in [5.74, 6) is -0.111. The summed E-state index contributed by atoms with van der Waals surface area (Å²) in [6.07, 6.45) is 4.23. The zero-order chi connectivity index (χ0) is 13.9. The summed E-state index contributed by atoms with van der Waals surface area (Å²) in [4.78, 5) is 12.2. The minimum atomic E-state index is -0.123. The van der Waals surface area contributed by atoms with Gasteiger partial charge in [-0.05, 0) is 37.5 Å². The van der Waals surface area contributed by atoms with Crippen molar-refractivity contribution in [1.82, 2.24) is 5.32 Å². The standard InChI is InChI=1S/C15H20ClNO2/c1-11-12(5-4-6-13(11)16)14(19)17-9-15(10-18)7-2-3-8-15/h4-6,18H,2-3,7-10H2,1H3,(H,17,19). The zero-order valence-electron chi connectivity index (χ0n) is 11.2. The van der Waals surface area contributed by atoms with Crippen molar-refractivity contribution in [2.75, 3.05) is 13.2 Å². The third-order valence-electron chi connectivity index (χ3n) is 4.14. The highest BCUT2D eigenvalue weighted by Crippen LogP contribution is 2.37. The lowest BCUT2D eigenvalue weighted by Gasteiger charge is -2.26. The number of hydrogen-bond acceptors (Lipinski definition) is 2. The Kier molecular flexibility index (Phi) is 4.48. The molecule has 3 nitrogen and oxygen atoms in total. The monoisotopic (exact) mass is 281 g/mol. The zero-order valence-corrected chi connectivity index (χ0v) is 12.0.